The lowest BCUT2D eigenvalue weighted by Gasteiger charge is -2.42. The van der Waals surface area contributed by atoms with Gasteiger partial charge < -0.3 is 10.2 Å². The maximum atomic E-state index is 4.67. The minimum atomic E-state index is 0.439. The number of aromatic nitrogens is 2. The molecule has 20 heavy (non-hydrogen) atoms. The third-order valence-corrected chi connectivity index (χ3v) is 4.56. The maximum Gasteiger partial charge on any atom is 0.151 e. The molecule has 0 saturated heterocycles. The number of benzene rings is 1. The average Bonchev–Trinajstić information content (AvgIpc) is 2.83. The molecule has 1 unspecified atom stereocenters. The van der Waals surface area contributed by atoms with E-state index in [0.29, 0.717) is 6.04 Å². The Balaban J connectivity index is 1.84. The molecule has 0 radical (unpaired) electrons. The summed E-state index contributed by atoms with van der Waals surface area (Å²) in [5, 5.41) is 8.27. The fraction of sp³-hybridized carbons (Fsp3) is 0.438. The number of fused-ring (bicyclic) bond motifs is 5. The molecular weight excluding hydrogens is 248 g/mol. The molecule has 2 aliphatic rings. The Hall–Kier alpha value is -1.97. The van der Waals surface area contributed by atoms with Crippen molar-refractivity contribution in [1.82, 2.24) is 9.78 Å². The summed E-state index contributed by atoms with van der Waals surface area (Å²) in [5.41, 5.74) is 5.30. The van der Waals surface area contributed by atoms with Crippen molar-refractivity contribution in [1.29, 1.82) is 0 Å². The Morgan fingerprint density at radius 1 is 1.35 bits per heavy atom. The number of hydrogen-bond acceptors (Lipinski definition) is 3. The van der Waals surface area contributed by atoms with Crippen molar-refractivity contribution in [3.8, 4) is 0 Å². The normalized spacial score (nSPS) is 19.9. The summed E-state index contributed by atoms with van der Waals surface area (Å²) in [4.78, 5) is 2.54. The molecule has 1 aromatic heterocycles. The van der Waals surface area contributed by atoms with Crippen molar-refractivity contribution in [3.05, 3.63) is 41.1 Å². The molecule has 2 aromatic rings. The van der Waals surface area contributed by atoms with E-state index >= 15 is 0 Å². The smallest absolute Gasteiger partial charge is 0.151 e. The van der Waals surface area contributed by atoms with Gasteiger partial charge in [-0.1, -0.05) is 24.3 Å². The van der Waals surface area contributed by atoms with Gasteiger partial charge in [-0.3, -0.25) is 0 Å². The van der Waals surface area contributed by atoms with Gasteiger partial charge in [-0.2, -0.15) is 5.10 Å². The molecule has 0 spiro atoms. The molecule has 4 heteroatoms. The Morgan fingerprint density at radius 3 is 3.05 bits per heavy atom. The zero-order chi connectivity index (χ0) is 13.7. The van der Waals surface area contributed by atoms with E-state index in [1.54, 1.807) is 0 Å². The summed E-state index contributed by atoms with van der Waals surface area (Å²) < 4.78 is 2.14. The van der Waals surface area contributed by atoms with Crippen LogP contribution < -0.4 is 10.2 Å². The second-order valence-electron chi connectivity index (χ2n) is 5.64. The van der Waals surface area contributed by atoms with Gasteiger partial charge in [-0.15, -0.1) is 0 Å². The number of anilines is 2. The lowest BCUT2D eigenvalue weighted by atomic mass is 9.91. The molecule has 3 heterocycles. The van der Waals surface area contributed by atoms with Crippen molar-refractivity contribution in [3.63, 3.8) is 0 Å². The van der Waals surface area contributed by atoms with Gasteiger partial charge in [0.05, 0.1) is 11.7 Å². The van der Waals surface area contributed by atoms with Gasteiger partial charge in [0, 0.05) is 19.6 Å². The van der Waals surface area contributed by atoms with Crippen LogP contribution in [-0.4, -0.2) is 22.9 Å². The molecule has 1 aromatic carbocycles. The van der Waals surface area contributed by atoms with Gasteiger partial charge in [0.15, 0.2) is 5.82 Å². The molecular formula is C16H20N4. The molecule has 4 nitrogen and oxygen atoms in total. The average molecular weight is 268 g/mol. The highest BCUT2D eigenvalue weighted by Crippen LogP contribution is 2.42. The van der Waals surface area contributed by atoms with E-state index < -0.39 is 0 Å². The van der Waals surface area contributed by atoms with Crippen LogP contribution in [0.3, 0.4) is 0 Å². The van der Waals surface area contributed by atoms with Crippen LogP contribution in [-0.2, 0) is 13.0 Å². The van der Waals surface area contributed by atoms with Crippen molar-refractivity contribution in [2.75, 3.05) is 23.3 Å². The van der Waals surface area contributed by atoms with Crippen molar-refractivity contribution in [2.45, 2.75) is 32.9 Å². The highest BCUT2D eigenvalue weighted by molar-refractivity contribution is 5.73. The summed E-state index contributed by atoms with van der Waals surface area (Å²) in [6.07, 6.45) is 1.13. The van der Waals surface area contributed by atoms with E-state index in [-0.39, 0.29) is 0 Å². The molecule has 4 rings (SSSR count). The number of nitrogens with zero attached hydrogens (tertiary/aromatic N) is 3. The number of hydrogen-bond donors (Lipinski definition) is 1. The van der Waals surface area contributed by atoms with Crippen LogP contribution in [0.5, 0.6) is 0 Å². The highest BCUT2D eigenvalue weighted by Gasteiger charge is 2.35. The first-order valence-electron chi connectivity index (χ1n) is 7.45. The van der Waals surface area contributed by atoms with E-state index in [4.69, 9.17) is 0 Å². The largest absolute Gasteiger partial charge is 0.378 e. The third kappa shape index (κ3) is 1.51. The van der Waals surface area contributed by atoms with Gasteiger partial charge in [0.25, 0.3) is 0 Å². The zero-order valence-corrected chi connectivity index (χ0v) is 12.1. The number of nitrogens with one attached hydrogen (secondary N) is 1. The van der Waals surface area contributed by atoms with E-state index in [9.17, 15) is 0 Å². The summed E-state index contributed by atoms with van der Waals surface area (Å²) in [7, 11) is 0. The Labute approximate surface area is 119 Å². The van der Waals surface area contributed by atoms with Crippen LogP contribution in [0.15, 0.2) is 24.3 Å². The Kier molecular flexibility index (Phi) is 2.52. The Morgan fingerprint density at radius 2 is 2.20 bits per heavy atom. The van der Waals surface area contributed by atoms with Crippen molar-refractivity contribution < 1.29 is 0 Å². The predicted molar refractivity (Wildman–Crippen MR) is 81.4 cm³/mol. The van der Waals surface area contributed by atoms with Crippen molar-refractivity contribution >= 4 is 11.5 Å². The summed E-state index contributed by atoms with van der Waals surface area (Å²) in [6, 6.07) is 9.29. The minimum Gasteiger partial charge on any atom is -0.378 e. The van der Waals surface area contributed by atoms with E-state index in [0.717, 1.165) is 31.7 Å². The fourth-order valence-corrected chi connectivity index (χ4v) is 3.61. The molecule has 0 bridgehead atoms. The Bertz CT molecular complexity index is 658. The van der Waals surface area contributed by atoms with Gasteiger partial charge in [-0.25, -0.2) is 4.68 Å². The number of aryl methyl sites for hydroxylation is 2. The first-order chi connectivity index (χ1) is 9.79. The molecule has 0 aliphatic carbocycles. The van der Waals surface area contributed by atoms with Crippen LogP contribution >= 0.6 is 0 Å². The predicted octanol–water partition coefficient (Wildman–Crippen LogP) is 2.74. The van der Waals surface area contributed by atoms with Crippen LogP contribution in [0.2, 0.25) is 0 Å². The second kappa shape index (κ2) is 4.27. The zero-order valence-electron chi connectivity index (χ0n) is 12.1. The van der Waals surface area contributed by atoms with Gasteiger partial charge in [0.1, 0.15) is 5.69 Å². The monoisotopic (exact) mass is 268 g/mol. The van der Waals surface area contributed by atoms with Crippen LogP contribution in [0.1, 0.15) is 29.8 Å². The topological polar surface area (TPSA) is 33.1 Å². The molecule has 1 N–H and O–H groups in total. The number of rotatable bonds is 1. The first-order valence-corrected chi connectivity index (χ1v) is 7.45. The molecule has 0 saturated carbocycles. The SMILES string of the molecule is CCn1nc(C)c2c1N1CCc3ccccc3C1CN2. The lowest BCUT2D eigenvalue weighted by molar-refractivity contribution is 0.550. The van der Waals surface area contributed by atoms with E-state index in [1.165, 1.54) is 22.6 Å². The molecule has 104 valence electrons. The quantitative estimate of drug-likeness (QED) is 0.863. The van der Waals surface area contributed by atoms with Gasteiger partial charge in [-0.05, 0) is 31.4 Å². The molecule has 0 fully saturated rings. The molecule has 1 atom stereocenters. The lowest BCUT2D eigenvalue weighted by Crippen LogP contribution is -2.43. The minimum absolute atomic E-state index is 0.439. The van der Waals surface area contributed by atoms with Crippen molar-refractivity contribution in [2.24, 2.45) is 0 Å². The van der Waals surface area contributed by atoms with Crippen LogP contribution in [0, 0.1) is 6.92 Å². The molecule has 2 aliphatic heterocycles. The summed E-state index contributed by atoms with van der Waals surface area (Å²) >= 11 is 0. The van der Waals surface area contributed by atoms with Crippen LogP contribution in [0.25, 0.3) is 0 Å². The van der Waals surface area contributed by atoms with E-state index in [2.05, 4.69) is 58.1 Å². The standard InChI is InChI=1S/C16H20N4/c1-3-20-16-15(11(2)18-20)17-10-14-13-7-5-4-6-12(13)8-9-19(14)16/h4-7,14,17H,3,8-10H2,1-2H3. The molecule has 0 amide bonds. The summed E-state index contributed by atoms with van der Waals surface area (Å²) in [6.45, 7) is 7.23. The highest BCUT2D eigenvalue weighted by atomic mass is 15.4. The van der Waals surface area contributed by atoms with E-state index in [1.807, 2.05) is 0 Å². The van der Waals surface area contributed by atoms with Gasteiger partial charge >= 0.3 is 0 Å². The van der Waals surface area contributed by atoms with Crippen LogP contribution in [0.4, 0.5) is 11.5 Å². The second-order valence-corrected chi connectivity index (χ2v) is 5.64. The fourth-order valence-electron chi connectivity index (χ4n) is 3.61. The maximum absolute atomic E-state index is 4.67. The van der Waals surface area contributed by atoms with Gasteiger partial charge in [0.2, 0.25) is 0 Å². The first kappa shape index (κ1) is 11.8. The summed E-state index contributed by atoms with van der Waals surface area (Å²) in [5.74, 6) is 1.27. The third-order valence-electron chi connectivity index (χ3n) is 4.56.